The molecule has 1 aliphatic rings. The lowest BCUT2D eigenvalue weighted by molar-refractivity contribution is -0.140. The molecule has 2 rings (SSSR count). The Bertz CT molecular complexity index is 722. The van der Waals surface area contributed by atoms with Crippen LogP contribution in [0.25, 0.3) is 0 Å². The van der Waals surface area contributed by atoms with Gasteiger partial charge in [-0.15, -0.1) is 0 Å². The lowest BCUT2D eigenvalue weighted by atomic mass is 9.99. The molecule has 5 nitrogen and oxygen atoms in total. The molecule has 0 aromatic heterocycles. The zero-order valence-electron chi connectivity index (χ0n) is 11.8. The van der Waals surface area contributed by atoms with E-state index in [2.05, 4.69) is 0 Å². The molecule has 1 fully saturated rings. The second kappa shape index (κ2) is 6.29. The van der Waals surface area contributed by atoms with Gasteiger partial charge in [-0.05, 0) is 31.0 Å². The Labute approximate surface area is 136 Å². The molecular weight excluding hydrogens is 357 g/mol. The SMILES string of the molecule is NC(=O)[C@H]1CCCN(S(=O)(=O)c2ccc(Cl)cc2C(F)(F)F)C1. The number of carbonyl (C=O) groups excluding carboxylic acids is 1. The molecule has 0 aliphatic carbocycles. The topological polar surface area (TPSA) is 80.5 Å². The summed E-state index contributed by atoms with van der Waals surface area (Å²) in [5.41, 5.74) is 3.84. The number of sulfonamides is 1. The van der Waals surface area contributed by atoms with Crippen LogP contribution in [0.3, 0.4) is 0 Å². The summed E-state index contributed by atoms with van der Waals surface area (Å²) in [6, 6.07) is 2.48. The number of nitrogens with zero attached hydrogens (tertiary/aromatic N) is 1. The number of carbonyl (C=O) groups is 1. The van der Waals surface area contributed by atoms with Gasteiger partial charge >= 0.3 is 6.18 Å². The standard InChI is InChI=1S/C13H14ClF3N2O3S/c14-9-3-4-11(10(6-9)13(15,16)17)23(21,22)19-5-1-2-8(7-19)12(18)20/h3-4,6,8H,1-2,5,7H2,(H2,18,20)/t8-/m0/s1. The van der Waals surface area contributed by atoms with Gasteiger partial charge in [0.05, 0.1) is 16.4 Å². The molecule has 128 valence electrons. The molecule has 0 radical (unpaired) electrons. The Morgan fingerprint density at radius 1 is 1.35 bits per heavy atom. The van der Waals surface area contributed by atoms with Crippen molar-refractivity contribution >= 4 is 27.5 Å². The number of halogens is 4. The van der Waals surface area contributed by atoms with Crippen molar-refractivity contribution in [2.45, 2.75) is 23.9 Å². The lowest BCUT2D eigenvalue weighted by Gasteiger charge is -2.31. The third kappa shape index (κ3) is 3.78. The average Bonchev–Trinajstić information content (AvgIpc) is 2.46. The normalized spacial score (nSPS) is 20.4. The Balaban J connectivity index is 2.46. The van der Waals surface area contributed by atoms with Crippen LogP contribution in [0, 0.1) is 5.92 Å². The zero-order chi connectivity index (χ0) is 17.4. The monoisotopic (exact) mass is 370 g/mol. The number of piperidine rings is 1. The van der Waals surface area contributed by atoms with Crippen molar-refractivity contribution < 1.29 is 26.4 Å². The highest BCUT2D eigenvalue weighted by atomic mass is 35.5. The van der Waals surface area contributed by atoms with Crippen molar-refractivity contribution in [1.82, 2.24) is 4.31 Å². The largest absolute Gasteiger partial charge is 0.417 e. The summed E-state index contributed by atoms with van der Waals surface area (Å²) in [4.78, 5) is 10.4. The molecule has 10 heteroatoms. The van der Waals surface area contributed by atoms with Crippen LogP contribution >= 0.6 is 11.6 Å². The highest BCUT2D eigenvalue weighted by Crippen LogP contribution is 2.37. The Kier molecular flexibility index (Phi) is 4.93. The summed E-state index contributed by atoms with van der Waals surface area (Å²) < 4.78 is 65.3. The molecule has 0 unspecified atom stereocenters. The molecule has 1 aromatic carbocycles. The number of hydrogen-bond acceptors (Lipinski definition) is 3. The maximum atomic E-state index is 13.1. The number of nitrogens with two attached hydrogens (primary N) is 1. The maximum Gasteiger partial charge on any atom is 0.417 e. The predicted octanol–water partition coefficient (Wildman–Crippen LogP) is 2.24. The lowest BCUT2D eigenvalue weighted by Crippen LogP contribution is -2.44. The second-order valence-electron chi connectivity index (χ2n) is 5.24. The van der Waals surface area contributed by atoms with Crippen LogP contribution in [0.5, 0.6) is 0 Å². The molecule has 1 heterocycles. The number of alkyl halides is 3. The molecule has 1 atom stereocenters. The molecule has 2 N–H and O–H groups in total. The van der Waals surface area contributed by atoms with Crippen LogP contribution in [0.15, 0.2) is 23.1 Å². The summed E-state index contributed by atoms with van der Waals surface area (Å²) in [7, 11) is -4.41. The van der Waals surface area contributed by atoms with Crippen molar-refractivity contribution in [2.75, 3.05) is 13.1 Å². The minimum atomic E-state index is -4.87. The van der Waals surface area contributed by atoms with E-state index in [9.17, 15) is 26.4 Å². The summed E-state index contributed by atoms with van der Waals surface area (Å²) in [5, 5.41) is -0.218. The number of primary amides is 1. The van der Waals surface area contributed by atoms with Gasteiger partial charge in [-0.3, -0.25) is 4.79 Å². The minimum Gasteiger partial charge on any atom is -0.369 e. The van der Waals surface area contributed by atoms with Crippen LogP contribution in [0.1, 0.15) is 18.4 Å². The average molecular weight is 371 g/mol. The maximum absolute atomic E-state index is 13.1. The molecule has 0 bridgehead atoms. The van der Waals surface area contributed by atoms with E-state index in [1.54, 1.807) is 0 Å². The van der Waals surface area contributed by atoms with Gasteiger partial charge in [0.2, 0.25) is 15.9 Å². The number of amides is 1. The highest BCUT2D eigenvalue weighted by molar-refractivity contribution is 7.89. The van der Waals surface area contributed by atoms with Gasteiger partial charge in [0, 0.05) is 18.1 Å². The number of hydrogen-bond donors (Lipinski definition) is 1. The fourth-order valence-corrected chi connectivity index (χ4v) is 4.37. The second-order valence-corrected chi connectivity index (χ2v) is 7.59. The first-order valence-corrected chi connectivity index (χ1v) is 8.51. The first-order chi connectivity index (χ1) is 10.5. The van der Waals surface area contributed by atoms with Crippen LogP contribution < -0.4 is 5.73 Å². The van der Waals surface area contributed by atoms with Crippen LogP contribution in [0.2, 0.25) is 5.02 Å². The van der Waals surface area contributed by atoms with Crippen molar-refractivity contribution in [1.29, 1.82) is 0 Å². The smallest absolute Gasteiger partial charge is 0.369 e. The number of benzene rings is 1. The molecule has 1 aliphatic heterocycles. The molecule has 23 heavy (non-hydrogen) atoms. The van der Waals surface area contributed by atoms with Crippen LogP contribution in [-0.4, -0.2) is 31.7 Å². The first kappa shape index (κ1) is 18.0. The van der Waals surface area contributed by atoms with Gasteiger partial charge in [0.1, 0.15) is 0 Å². The van der Waals surface area contributed by atoms with Gasteiger partial charge in [-0.2, -0.15) is 17.5 Å². The van der Waals surface area contributed by atoms with E-state index in [0.29, 0.717) is 18.9 Å². The minimum absolute atomic E-state index is 0.0338. The molecular formula is C13H14ClF3N2O3S. The van der Waals surface area contributed by atoms with E-state index in [1.807, 2.05) is 0 Å². The Morgan fingerprint density at radius 2 is 2.00 bits per heavy atom. The predicted molar refractivity (Wildman–Crippen MR) is 77.1 cm³/mol. The van der Waals surface area contributed by atoms with E-state index in [-0.39, 0.29) is 18.1 Å². The van der Waals surface area contributed by atoms with Crippen molar-refractivity contribution in [3.05, 3.63) is 28.8 Å². The molecule has 1 saturated heterocycles. The van der Waals surface area contributed by atoms with Crippen molar-refractivity contribution in [3.8, 4) is 0 Å². The van der Waals surface area contributed by atoms with Crippen molar-refractivity contribution in [3.63, 3.8) is 0 Å². The fraction of sp³-hybridized carbons (Fsp3) is 0.462. The quantitative estimate of drug-likeness (QED) is 0.886. The summed E-state index contributed by atoms with van der Waals surface area (Å²) in [6.45, 7) is -0.191. The highest BCUT2D eigenvalue weighted by Gasteiger charge is 2.40. The molecule has 0 spiro atoms. The van der Waals surface area contributed by atoms with Crippen LogP contribution in [0.4, 0.5) is 13.2 Å². The van der Waals surface area contributed by atoms with Gasteiger partial charge in [0.25, 0.3) is 0 Å². The van der Waals surface area contributed by atoms with E-state index in [0.717, 1.165) is 16.4 Å². The zero-order valence-corrected chi connectivity index (χ0v) is 13.4. The van der Waals surface area contributed by atoms with Gasteiger partial charge in [-0.1, -0.05) is 11.6 Å². The van der Waals surface area contributed by atoms with Gasteiger partial charge in [-0.25, -0.2) is 8.42 Å². The van der Waals surface area contributed by atoms with Crippen molar-refractivity contribution in [2.24, 2.45) is 11.7 Å². The van der Waals surface area contributed by atoms with Gasteiger partial charge < -0.3 is 5.73 Å². The van der Waals surface area contributed by atoms with Crippen LogP contribution in [-0.2, 0) is 21.0 Å². The fourth-order valence-electron chi connectivity index (χ4n) is 2.48. The van der Waals surface area contributed by atoms with E-state index < -0.39 is 38.5 Å². The summed E-state index contributed by atoms with van der Waals surface area (Å²) >= 11 is 5.55. The first-order valence-electron chi connectivity index (χ1n) is 6.69. The summed E-state index contributed by atoms with van der Waals surface area (Å²) in [5.74, 6) is -1.38. The third-order valence-corrected chi connectivity index (χ3v) is 5.81. The summed E-state index contributed by atoms with van der Waals surface area (Å²) in [6.07, 6.45) is -4.11. The molecule has 0 saturated carbocycles. The molecule has 1 aromatic rings. The third-order valence-electron chi connectivity index (χ3n) is 3.65. The molecule has 1 amide bonds. The van der Waals surface area contributed by atoms with Gasteiger partial charge in [0.15, 0.2) is 0 Å². The van der Waals surface area contributed by atoms with E-state index in [1.165, 1.54) is 0 Å². The number of rotatable bonds is 3. The Morgan fingerprint density at radius 3 is 2.57 bits per heavy atom. The van der Waals surface area contributed by atoms with E-state index >= 15 is 0 Å². The van der Waals surface area contributed by atoms with E-state index in [4.69, 9.17) is 17.3 Å². The Hall–Kier alpha value is -1.32.